The minimum atomic E-state index is -3.17. The van der Waals surface area contributed by atoms with Crippen LogP contribution in [0.2, 0.25) is 0 Å². The van der Waals surface area contributed by atoms with Crippen LogP contribution in [0.25, 0.3) is 11.3 Å². The smallest absolute Gasteiger partial charge is 0.329 e. The molecule has 1 saturated heterocycles. The number of benzene rings is 1. The topological polar surface area (TPSA) is 84.7 Å². The lowest BCUT2D eigenvalue weighted by Crippen LogP contribution is -2.47. The first-order valence-corrected chi connectivity index (χ1v) is 10.5. The number of carbonyl (C=O) groups excluding carboxylic acids is 1. The highest BCUT2D eigenvalue weighted by Crippen LogP contribution is 2.22. The van der Waals surface area contributed by atoms with E-state index >= 15 is 0 Å². The third kappa shape index (κ3) is 4.30. The van der Waals surface area contributed by atoms with Gasteiger partial charge in [-0.25, -0.2) is 22.5 Å². The second-order valence-electron chi connectivity index (χ2n) is 6.68. The number of amides is 1. The average Bonchev–Trinajstić information content (AvgIpc) is 3.16. The molecule has 2 heterocycles. The number of nitrogens with zero attached hydrogens (tertiary/aromatic N) is 4. The molecule has 3 rings (SSSR count). The number of hydrogen-bond acceptors (Lipinski definition) is 5. The number of carbonyl (C=O) groups is 1. The van der Waals surface area contributed by atoms with Crippen molar-refractivity contribution < 1.29 is 17.9 Å². The van der Waals surface area contributed by atoms with Gasteiger partial charge in [0.25, 0.3) is 0 Å². The van der Waals surface area contributed by atoms with E-state index in [0.29, 0.717) is 31.6 Å². The lowest BCUT2D eigenvalue weighted by molar-refractivity contribution is 0.164. The lowest BCUT2D eigenvalue weighted by atomic mass is 10.1. The number of methoxy groups -OCH3 is 1. The molecule has 1 fully saturated rings. The van der Waals surface area contributed by atoms with Gasteiger partial charge in [-0.3, -0.25) is 4.57 Å². The molecular formula is C18H24N4O4S. The number of rotatable bonds is 4. The maximum atomic E-state index is 12.8. The Kier molecular flexibility index (Phi) is 5.52. The minimum Gasteiger partial charge on any atom is -0.497 e. The Morgan fingerprint density at radius 3 is 2.41 bits per heavy atom. The van der Waals surface area contributed by atoms with Gasteiger partial charge >= 0.3 is 6.03 Å². The first-order valence-electron chi connectivity index (χ1n) is 8.70. The summed E-state index contributed by atoms with van der Waals surface area (Å²) in [7, 11) is 0.182. The highest BCUT2D eigenvalue weighted by molar-refractivity contribution is 7.88. The standard InChI is InChI=1S/C18H24N4O4S/c1-20(15-8-10-22(11-9-15)27(3,24)25)18(23)21-12-17(19-13-21)14-4-6-16(26-2)7-5-14/h4-7,12-13,15H,8-11H2,1-3H3. The van der Waals surface area contributed by atoms with Gasteiger partial charge in [-0.15, -0.1) is 0 Å². The summed E-state index contributed by atoms with van der Waals surface area (Å²) < 4.78 is 31.3. The molecule has 0 aliphatic carbocycles. The number of piperidine rings is 1. The number of hydrogen-bond donors (Lipinski definition) is 0. The van der Waals surface area contributed by atoms with Crippen LogP contribution in [-0.4, -0.2) is 72.7 Å². The number of imidazole rings is 1. The molecule has 1 amide bonds. The average molecular weight is 392 g/mol. The molecule has 146 valence electrons. The lowest BCUT2D eigenvalue weighted by Gasteiger charge is -2.35. The zero-order valence-corrected chi connectivity index (χ0v) is 16.5. The molecule has 1 aromatic heterocycles. The van der Waals surface area contributed by atoms with Crippen LogP contribution in [0.5, 0.6) is 5.75 Å². The molecule has 0 spiro atoms. The van der Waals surface area contributed by atoms with Crippen molar-refractivity contribution in [1.82, 2.24) is 18.8 Å². The molecule has 2 aromatic rings. The molecule has 0 bridgehead atoms. The van der Waals surface area contributed by atoms with E-state index in [2.05, 4.69) is 4.98 Å². The third-order valence-corrected chi connectivity index (χ3v) is 6.23. The van der Waals surface area contributed by atoms with Crippen molar-refractivity contribution in [3.8, 4) is 17.0 Å². The van der Waals surface area contributed by atoms with Gasteiger partial charge in [0.15, 0.2) is 0 Å². The first-order chi connectivity index (χ1) is 12.8. The molecule has 0 N–H and O–H groups in total. The summed E-state index contributed by atoms with van der Waals surface area (Å²) >= 11 is 0. The summed E-state index contributed by atoms with van der Waals surface area (Å²) in [4.78, 5) is 18.8. The highest BCUT2D eigenvalue weighted by atomic mass is 32.2. The fourth-order valence-corrected chi connectivity index (χ4v) is 4.11. The third-order valence-electron chi connectivity index (χ3n) is 4.93. The van der Waals surface area contributed by atoms with Gasteiger partial charge in [-0.1, -0.05) is 0 Å². The zero-order valence-electron chi connectivity index (χ0n) is 15.7. The second kappa shape index (κ2) is 7.69. The van der Waals surface area contributed by atoms with Crippen molar-refractivity contribution in [2.24, 2.45) is 0 Å². The summed E-state index contributed by atoms with van der Waals surface area (Å²) in [5.74, 6) is 0.759. The zero-order chi connectivity index (χ0) is 19.6. The van der Waals surface area contributed by atoms with Crippen LogP contribution in [0.15, 0.2) is 36.8 Å². The Balaban J connectivity index is 1.66. The molecule has 0 radical (unpaired) electrons. The van der Waals surface area contributed by atoms with Crippen molar-refractivity contribution >= 4 is 16.1 Å². The van der Waals surface area contributed by atoms with E-state index in [1.54, 1.807) is 25.3 Å². The van der Waals surface area contributed by atoms with Crippen molar-refractivity contribution in [1.29, 1.82) is 0 Å². The Bertz CT molecular complexity index is 900. The fourth-order valence-electron chi connectivity index (χ4n) is 3.24. The number of sulfonamides is 1. The van der Waals surface area contributed by atoms with Crippen molar-refractivity contribution in [3.63, 3.8) is 0 Å². The molecule has 0 atom stereocenters. The minimum absolute atomic E-state index is 0.00216. The number of ether oxygens (including phenoxy) is 1. The van der Waals surface area contributed by atoms with Gasteiger partial charge in [0.05, 0.1) is 19.1 Å². The molecule has 27 heavy (non-hydrogen) atoms. The van der Waals surface area contributed by atoms with Crippen LogP contribution in [-0.2, 0) is 10.0 Å². The summed E-state index contributed by atoms with van der Waals surface area (Å²) in [6.45, 7) is 0.865. The molecule has 8 nitrogen and oxygen atoms in total. The van der Waals surface area contributed by atoms with Crippen molar-refractivity contribution in [2.75, 3.05) is 33.5 Å². The monoisotopic (exact) mass is 392 g/mol. The summed E-state index contributed by atoms with van der Waals surface area (Å²) in [5, 5.41) is 0. The van der Waals surface area contributed by atoms with Crippen LogP contribution in [0.3, 0.4) is 0 Å². The van der Waals surface area contributed by atoms with Gasteiger partial charge in [-0.05, 0) is 37.1 Å². The summed E-state index contributed by atoms with van der Waals surface area (Å²) in [5.41, 5.74) is 1.60. The quantitative estimate of drug-likeness (QED) is 0.793. The Morgan fingerprint density at radius 2 is 1.85 bits per heavy atom. The van der Waals surface area contributed by atoms with E-state index in [4.69, 9.17) is 4.74 Å². The Hall–Kier alpha value is -2.39. The molecule has 1 aliphatic rings. The van der Waals surface area contributed by atoms with Crippen LogP contribution in [0.4, 0.5) is 4.79 Å². The maximum absolute atomic E-state index is 12.8. The van der Waals surface area contributed by atoms with E-state index in [9.17, 15) is 13.2 Å². The first kappa shape index (κ1) is 19.4. The summed E-state index contributed by atoms with van der Waals surface area (Å²) in [6.07, 6.45) is 5.66. The van der Waals surface area contributed by atoms with E-state index < -0.39 is 10.0 Å². The molecule has 0 saturated carbocycles. The van der Waals surface area contributed by atoms with Crippen molar-refractivity contribution in [3.05, 3.63) is 36.8 Å². The van der Waals surface area contributed by atoms with E-state index in [0.717, 1.165) is 11.3 Å². The van der Waals surface area contributed by atoms with Crippen molar-refractivity contribution in [2.45, 2.75) is 18.9 Å². The normalized spacial score (nSPS) is 16.3. The fraction of sp³-hybridized carbons (Fsp3) is 0.444. The molecule has 0 unspecified atom stereocenters. The van der Waals surface area contributed by atoms with Crippen LogP contribution in [0, 0.1) is 0 Å². The largest absolute Gasteiger partial charge is 0.497 e. The Labute approximate surface area is 159 Å². The molecule has 1 aromatic carbocycles. The molecule has 1 aliphatic heterocycles. The summed E-state index contributed by atoms with van der Waals surface area (Å²) in [6, 6.07) is 7.29. The van der Waals surface area contributed by atoms with E-state index in [-0.39, 0.29) is 12.1 Å². The van der Waals surface area contributed by atoms with E-state index in [1.807, 2.05) is 24.3 Å². The van der Waals surface area contributed by atoms with Gasteiger partial charge in [-0.2, -0.15) is 0 Å². The predicted octanol–water partition coefficient (Wildman–Crippen LogP) is 1.88. The maximum Gasteiger partial charge on any atom is 0.329 e. The highest BCUT2D eigenvalue weighted by Gasteiger charge is 2.29. The predicted molar refractivity (Wildman–Crippen MR) is 102 cm³/mol. The second-order valence-corrected chi connectivity index (χ2v) is 8.66. The van der Waals surface area contributed by atoms with Gasteiger partial charge in [0, 0.05) is 37.9 Å². The number of aromatic nitrogens is 2. The Morgan fingerprint density at radius 1 is 1.22 bits per heavy atom. The van der Waals surface area contributed by atoms with Gasteiger partial charge in [0.1, 0.15) is 12.1 Å². The van der Waals surface area contributed by atoms with Gasteiger partial charge in [0.2, 0.25) is 10.0 Å². The van der Waals surface area contributed by atoms with Crippen LogP contribution < -0.4 is 4.74 Å². The SMILES string of the molecule is COc1ccc(-c2cn(C(=O)N(C)C3CCN(S(C)(=O)=O)CC3)cn2)cc1. The van der Waals surface area contributed by atoms with E-state index in [1.165, 1.54) is 21.5 Å². The van der Waals surface area contributed by atoms with Gasteiger partial charge < -0.3 is 9.64 Å². The molecular weight excluding hydrogens is 368 g/mol. The van der Waals surface area contributed by atoms with Crippen LogP contribution in [0.1, 0.15) is 12.8 Å². The molecule has 9 heteroatoms. The van der Waals surface area contributed by atoms with Crippen LogP contribution >= 0.6 is 0 Å².